The number of aromatic nitrogens is 3. The number of hydrogen-bond donors (Lipinski definition) is 0. The number of alkyl halides is 3. The fourth-order valence-electron chi connectivity index (χ4n) is 4.08. The van der Waals surface area contributed by atoms with Crippen LogP contribution in [-0.4, -0.2) is 20.1 Å². The van der Waals surface area contributed by atoms with Crippen LogP contribution in [0.15, 0.2) is 71.5 Å². The molecule has 0 aliphatic heterocycles. The van der Waals surface area contributed by atoms with Gasteiger partial charge in [-0.05, 0) is 60.9 Å². The van der Waals surface area contributed by atoms with E-state index in [0.29, 0.717) is 16.1 Å². The largest absolute Gasteiger partial charge is 0.416 e. The van der Waals surface area contributed by atoms with Gasteiger partial charge >= 0.3 is 11.9 Å². The quantitative estimate of drug-likeness (QED) is 0.259. The first-order valence-electron chi connectivity index (χ1n) is 11.4. The van der Waals surface area contributed by atoms with Crippen molar-refractivity contribution >= 4 is 17.4 Å². The summed E-state index contributed by atoms with van der Waals surface area (Å²) in [6, 6.07) is 16.4. The maximum atomic E-state index is 14.3. The Kier molecular flexibility index (Phi) is 7.63. The Morgan fingerprint density at radius 3 is 2.32 bits per heavy atom. The van der Waals surface area contributed by atoms with Crippen LogP contribution in [0.2, 0.25) is 5.02 Å². The number of aryl methyl sites for hydroxylation is 1. The van der Waals surface area contributed by atoms with Gasteiger partial charge in [0.15, 0.2) is 11.6 Å². The number of carbonyl (C=O) groups excluding carboxylic acids is 1. The zero-order chi connectivity index (χ0) is 26.7. The highest BCUT2D eigenvalue weighted by Crippen LogP contribution is 2.33. The average Bonchev–Trinajstić information content (AvgIpc) is 3.14. The SMILES string of the molecule is Cc1c(CCC(=O)Cn2nc(-c3ccc(Cl)cc3)n(Cc3ccccc3F)c2=O)cccc1C(F)(F)F. The summed E-state index contributed by atoms with van der Waals surface area (Å²) in [7, 11) is 0. The van der Waals surface area contributed by atoms with Gasteiger partial charge in [0, 0.05) is 22.6 Å². The van der Waals surface area contributed by atoms with Gasteiger partial charge in [0.25, 0.3) is 0 Å². The van der Waals surface area contributed by atoms with Crippen molar-refractivity contribution in [1.82, 2.24) is 14.3 Å². The predicted octanol–water partition coefficient (Wildman–Crippen LogP) is 6.08. The Morgan fingerprint density at radius 1 is 0.973 bits per heavy atom. The van der Waals surface area contributed by atoms with E-state index in [-0.39, 0.29) is 48.7 Å². The van der Waals surface area contributed by atoms with Gasteiger partial charge in [-0.1, -0.05) is 41.9 Å². The monoisotopic (exact) mass is 531 g/mol. The number of nitrogens with zero attached hydrogens (tertiary/aromatic N) is 3. The molecule has 0 aliphatic rings. The van der Waals surface area contributed by atoms with Gasteiger partial charge in [0.2, 0.25) is 0 Å². The molecule has 0 fully saturated rings. The average molecular weight is 532 g/mol. The highest BCUT2D eigenvalue weighted by Gasteiger charge is 2.32. The molecule has 10 heteroatoms. The lowest BCUT2D eigenvalue weighted by atomic mass is 9.97. The van der Waals surface area contributed by atoms with Gasteiger partial charge in [-0.3, -0.25) is 9.36 Å². The molecule has 0 amide bonds. The smallest absolute Gasteiger partial charge is 0.298 e. The Bertz CT molecular complexity index is 1490. The lowest BCUT2D eigenvalue weighted by Gasteiger charge is -2.13. The van der Waals surface area contributed by atoms with Crippen LogP contribution in [0.5, 0.6) is 0 Å². The van der Waals surface area contributed by atoms with Crippen LogP contribution in [-0.2, 0) is 30.5 Å². The van der Waals surface area contributed by atoms with Crippen LogP contribution in [0.1, 0.15) is 28.7 Å². The second-order valence-corrected chi connectivity index (χ2v) is 9.01. The summed E-state index contributed by atoms with van der Waals surface area (Å²) < 4.78 is 56.2. The third-order valence-corrected chi connectivity index (χ3v) is 6.31. The molecule has 0 radical (unpaired) electrons. The maximum Gasteiger partial charge on any atom is 0.416 e. The standard InChI is InChI=1S/C27H22ClF4N3O2/c1-17-18(6-4-7-23(17)27(30,31)32)11-14-22(36)16-35-26(37)34(15-20-5-2-3-8-24(20)29)25(33-35)19-9-12-21(28)13-10-19/h2-10,12-13H,11,14-16H2,1H3. The van der Waals surface area contributed by atoms with E-state index in [0.717, 1.165) is 10.7 Å². The minimum absolute atomic E-state index is 0.0687. The summed E-state index contributed by atoms with van der Waals surface area (Å²) >= 11 is 5.98. The minimum atomic E-state index is -4.49. The molecule has 0 saturated heterocycles. The summed E-state index contributed by atoms with van der Waals surface area (Å²) in [5.41, 5.74) is -0.0686. The summed E-state index contributed by atoms with van der Waals surface area (Å²) in [6.07, 6.45) is -4.48. The van der Waals surface area contributed by atoms with E-state index in [1.807, 2.05) is 0 Å². The molecule has 0 aliphatic carbocycles. The number of halogens is 5. The normalized spacial score (nSPS) is 11.6. The topological polar surface area (TPSA) is 56.9 Å². The van der Waals surface area contributed by atoms with E-state index in [1.165, 1.54) is 29.7 Å². The number of rotatable bonds is 8. The van der Waals surface area contributed by atoms with E-state index in [9.17, 15) is 27.2 Å². The van der Waals surface area contributed by atoms with Crippen LogP contribution in [0, 0.1) is 12.7 Å². The van der Waals surface area contributed by atoms with Crippen molar-refractivity contribution in [1.29, 1.82) is 0 Å². The first-order valence-corrected chi connectivity index (χ1v) is 11.8. The predicted molar refractivity (Wildman–Crippen MR) is 132 cm³/mol. The molecule has 37 heavy (non-hydrogen) atoms. The third-order valence-electron chi connectivity index (χ3n) is 6.06. The number of carbonyl (C=O) groups is 1. The van der Waals surface area contributed by atoms with Gasteiger partial charge in [0.1, 0.15) is 12.4 Å². The van der Waals surface area contributed by atoms with Crippen molar-refractivity contribution in [3.8, 4) is 11.4 Å². The van der Waals surface area contributed by atoms with Crippen molar-refractivity contribution in [3.05, 3.63) is 110 Å². The second kappa shape index (κ2) is 10.7. The molecule has 0 N–H and O–H groups in total. The Balaban J connectivity index is 1.59. The molecule has 4 aromatic rings. The van der Waals surface area contributed by atoms with Crippen molar-refractivity contribution < 1.29 is 22.4 Å². The Hall–Kier alpha value is -3.72. The van der Waals surface area contributed by atoms with Crippen molar-refractivity contribution in [2.24, 2.45) is 0 Å². The Labute approximate surface area is 214 Å². The fourth-order valence-corrected chi connectivity index (χ4v) is 4.20. The fraction of sp³-hybridized carbons (Fsp3) is 0.222. The molecule has 3 aromatic carbocycles. The van der Waals surface area contributed by atoms with E-state index in [2.05, 4.69) is 5.10 Å². The van der Waals surface area contributed by atoms with E-state index in [4.69, 9.17) is 11.6 Å². The van der Waals surface area contributed by atoms with Gasteiger partial charge in [0.05, 0.1) is 12.1 Å². The second-order valence-electron chi connectivity index (χ2n) is 8.57. The number of hydrogen-bond acceptors (Lipinski definition) is 3. The molecule has 1 aromatic heterocycles. The molecule has 1 heterocycles. The summed E-state index contributed by atoms with van der Waals surface area (Å²) in [6.45, 7) is 0.888. The molecule has 0 unspecified atom stereocenters. The van der Waals surface area contributed by atoms with Crippen LogP contribution in [0.3, 0.4) is 0 Å². The number of ketones is 1. The lowest BCUT2D eigenvalue weighted by molar-refractivity contribution is -0.138. The molecular formula is C27H22ClF4N3O2. The van der Waals surface area contributed by atoms with Crippen molar-refractivity contribution in [2.45, 2.75) is 39.0 Å². The highest BCUT2D eigenvalue weighted by molar-refractivity contribution is 6.30. The van der Waals surface area contributed by atoms with Crippen molar-refractivity contribution in [2.75, 3.05) is 0 Å². The zero-order valence-electron chi connectivity index (χ0n) is 19.7. The van der Waals surface area contributed by atoms with E-state index < -0.39 is 23.2 Å². The van der Waals surface area contributed by atoms with E-state index in [1.54, 1.807) is 42.5 Å². The zero-order valence-corrected chi connectivity index (χ0v) is 20.5. The molecule has 0 spiro atoms. The molecule has 0 bridgehead atoms. The summed E-state index contributed by atoms with van der Waals surface area (Å²) in [4.78, 5) is 25.9. The number of benzene rings is 3. The molecular weight excluding hydrogens is 510 g/mol. The molecule has 0 saturated carbocycles. The van der Waals surface area contributed by atoms with E-state index >= 15 is 0 Å². The number of Topliss-reactive ketones (excluding diaryl/α,β-unsaturated/α-hetero) is 1. The highest BCUT2D eigenvalue weighted by atomic mass is 35.5. The summed E-state index contributed by atoms with van der Waals surface area (Å²) in [5.74, 6) is -0.639. The van der Waals surface area contributed by atoms with Crippen LogP contribution in [0.4, 0.5) is 17.6 Å². The Morgan fingerprint density at radius 2 is 1.65 bits per heavy atom. The first kappa shape index (κ1) is 26.3. The van der Waals surface area contributed by atoms with Gasteiger partial charge in [-0.2, -0.15) is 13.2 Å². The van der Waals surface area contributed by atoms with Gasteiger partial charge < -0.3 is 0 Å². The maximum absolute atomic E-state index is 14.3. The lowest BCUT2D eigenvalue weighted by Crippen LogP contribution is -2.28. The van der Waals surface area contributed by atoms with Crippen LogP contribution >= 0.6 is 11.6 Å². The summed E-state index contributed by atoms with van der Waals surface area (Å²) in [5, 5.41) is 4.80. The molecule has 192 valence electrons. The minimum Gasteiger partial charge on any atom is -0.298 e. The third kappa shape index (κ3) is 5.99. The molecule has 5 nitrogen and oxygen atoms in total. The van der Waals surface area contributed by atoms with Crippen molar-refractivity contribution in [3.63, 3.8) is 0 Å². The van der Waals surface area contributed by atoms with Crippen LogP contribution in [0.25, 0.3) is 11.4 Å². The first-order chi connectivity index (χ1) is 17.5. The molecule has 4 rings (SSSR count). The van der Waals surface area contributed by atoms with Crippen LogP contribution < -0.4 is 5.69 Å². The molecule has 0 atom stereocenters. The van der Waals surface area contributed by atoms with Gasteiger partial charge in [-0.25, -0.2) is 13.9 Å². The van der Waals surface area contributed by atoms with Gasteiger partial charge in [-0.15, -0.1) is 5.10 Å².